The van der Waals surface area contributed by atoms with Gasteiger partial charge in [-0.1, -0.05) is 19.9 Å². The van der Waals surface area contributed by atoms with E-state index in [1.165, 1.54) is 12.1 Å². The lowest BCUT2D eigenvalue weighted by Gasteiger charge is -2.36. The van der Waals surface area contributed by atoms with E-state index in [-0.39, 0.29) is 41.8 Å². The number of piperazine rings is 1. The second kappa shape index (κ2) is 13.1. The van der Waals surface area contributed by atoms with E-state index in [1.54, 1.807) is 29.9 Å². The van der Waals surface area contributed by atoms with Crippen LogP contribution < -0.4 is 16.0 Å². The third-order valence-corrected chi connectivity index (χ3v) is 10.4. The van der Waals surface area contributed by atoms with Gasteiger partial charge in [-0.2, -0.15) is 5.10 Å². The van der Waals surface area contributed by atoms with Gasteiger partial charge in [0.2, 0.25) is 17.7 Å². The Bertz CT molecular complexity index is 1480. The number of halogens is 1. The van der Waals surface area contributed by atoms with Crippen LogP contribution in [0.25, 0.3) is 0 Å². The van der Waals surface area contributed by atoms with Gasteiger partial charge in [-0.05, 0) is 87.6 Å². The molecule has 248 valence electrons. The first-order valence-corrected chi connectivity index (χ1v) is 16.8. The maximum Gasteiger partial charge on any atom is 0.270 e. The van der Waals surface area contributed by atoms with Crippen molar-refractivity contribution in [1.29, 1.82) is 0 Å². The number of rotatable bonds is 13. The summed E-state index contributed by atoms with van der Waals surface area (Å²) in [5.74, 6) is -1.68. The number of benzene rings is 1. The van der Waals surface area contributed by atoms with Crippen molar-refractivity contribution in [1.82, 2.24) is 30.2 Å². The number of amides is 4. The molecule has 0 spiro atoms. The largest absolute Gasteiger partial charge is 0.344 e. The fourth-order valence-corrected chi connectivity index (χ4v) is 7.24. The topological polar surface area (TPSA) is 129 Å². The Kier molecular flexibility index (Phi) is 9.18. The Balaban J connectivity index is 1.19. The highest BCUT2D eigenvalue weighted by molar-refractivity contribution is 6.01. The summed E-state index contributed by atoms with van der Waals surface area (Å²) in [6.07, 6.45) is 6.75. The highest BCUT2D eigenvalue weighted by Gasteiger charge is 2.51. The van der Waals surface area contributed by atoms with Gasteiger partial charge >= 0.3 is 0 Å². The van der Waals surface area contributed by atoms with Crippen LogP contribution in [0.15, 0.2) is 30.5 Å². The molecule has 3 aliphatic carbocycles. The molecule has 2 heterocycles. The molecular formula is C34H46FN7O4. The summed E-state index contributed by atoms with van der Waals surface area (Å²) in [4.78, 5) is 57.5. The summed E-state index contributed by atoms with van der Waals surface area (Å²) in [6.45, 7) is 7.31. The van der Waals surface area contributed by atoms with Gasteiger partial charge in [0.25, 0.3) is 5.91 Å². The van der Waals surface area contributed by atoms with Crippen molar-refractivity contribution in [3.05, 3.63) is 47.5 Å². The number of hydrogen-bond donors (Lipinski definition) is 3. The molecule has 4 amide bonds. The molecule has 0 bridgehead atoms. The molecule has 1 aliphatic heterocycles. The predicted octanol–water partition coefficient (Wildman–Crippen LogP) is 3.13. The summed E-state index contributed by atoms with van der Waals surface area (Å²) < 4.78 is 17.3. The smallest absolute Gasteiger partial charge is 0.270 e. The van der Waals surface area contributed by atoms with E-state index in [2.05, 4.69) is 33.0 Å². The molecule has 5 atom stereocenters. The predicted molar refractivity (Wildman–Crippen MR) is 170 cm³/mol. The summed E-state index contributed by atoms with van der Waals surface area (Å²) in [5.41, 5.74) is 0.922. The van der Waals surface area contributed by atoms with E-state index in [4.69, 9.17) is 0 Å². The first-order chi connectivity index (χ1) is 22.1. The van der Waals surface area contributed by atoms with E-state index in [0.29, 0.717) is 42.2 Å². The lowest BCUT2D eigenvalue weighted by Crippen LogP contribution is -2.55. The minimum absolute atomic E-state index is 0.00417. The van der Waals surface area contributed by atoms with Crippen LogP contribution >= 0.6 is 0 Å². The number of anilines is 1. The third kappa shape index (κ3) is 6.67. The van der Waals surface area contributed by atoms with Crippen LogP contribution in [0.1, 0.15) is 81.3 Å². The lowest BCUT2D eigenvalue weighted by atomic mass is 9.88. The zero-order chi connectivity index (χ0) is 32.7. The molecule has 1 aromatic carbocycles. The quantitative estimate of drug-likeness (QED) is 0.310. The van der Waals surface area contributed by atoms with Crippen LogP contribution in [0.5, 0.6) is 0 Å². The van der Waals surface area contributed by atoms with E-state index < -0.39 is 29.7 Å². The van der Waals surface area contributed by atoms with Crippen molar-refractivity contribution in [2.75, 3.05) is 25.5 Å². The van der Waals surface area contributed by atoms with Crippen molar-refractivity contribution in [2.45, 2.75) is 95.9 Å². The maximum absolute atomic E-state index is 15.7. The minimum atomic E-state index is -0.842. The molecule has 1 saturated heterocycles. The van der Waals surface area contributed by atoms with E-state index in [0.717, 1.165) is 38.6 Å². The van der Waals surface area contributed by atoms with E-state index >= 15 is 4.39 Å². The van der Waals surface area contributed by atoms with Gasteiger partial charge in [0.15, 0.2) is 0 Å². The molecule has 2 aromatic rings. The van der Waals surface area contributed by atoms with Crippen LogP contribution in [0.3, 0.4) is 0 Å². The number of nitrogens with one attached hydrogen (secondary N) is 3. The van der Waals surface area contributed by atoms with Gasteiger partial charge in [0.1, 0.15) is 23.6 Å². The Morgan fingerprint density at radius 3 is 2.33 bits per heavy atom. The van der Waals surface area contributed by atoms with Crippen molar-refractivity contribution in [2.24, 2.45) is 17.8 Å². The van der Waals surface area contributed by atoms with Crippen molar-refractivity contribution >= 4 is 29.3 Å². The first kappa shape index (κ1) is 32.2. The highest BCUT2D eigenvalue weighted by atomic mass is 19.1. The number of fused-ring (bicyclic) bond motifs is 1. The molecule has 12 heteroatoms. The molecule has 6 rings (SSSR count). The van der Waals surface area contributed by atoms with Crippen molar-refractivity contribution in [3.8, 4) is 0 Å². The van der Waals surface area contributed by atoms with Crippen LogP contribution in [0.4, 0.5) is 10.1 Å². The van der Waals surface area contributed by atoms with Crippen molar-refractivity contribution < 1.29 is 23.6 Å². The van der Waals surface area contributed by atoms with Gasteiger partial charge in [0, 0.05) is 50.3 Å². The second-order valence-corrected chi connectivity index (χ2v) is 13.5. The molecule has 4 aliphatic rings. The Hall–Kier alpha value is -3.80. The zero-order valence-corrected chi connectivity index (χ0v) is 27.2. The highest BCUT2D eigenvalue weighted by Crippen LogP contribution is 2.51. The fourth-order valence-electron chi connectivity index (χ4n) is 7.24. The standard InChI is InChI=1S/C34H46FN7O4/c1-5-28(43)38-30(34(46)41-16-15-40(4)26-18-27(26)41)19(3)22-11-12-24(23(35)17-22)37-33(45)31(29(20-7-8-20)21-9-10-21)39-32(44)25-13-14-36-42(25)6-2/h11-14,17,19-21,26-27,29-31H,5-10,15-16,18H2,1-4H3,(H,37,45)(H,38,43)(H,39,44)/t19-,26-,27+,30+,31-/m0/s1. The van der Waals surface area contributed by atoms with Crippen LogP contribution in [-0.2, 0) is 20.9 Å². The van der Waals surface area contributed by atoms with Gasteiger partial charge in [-0.25, -0.2) is 4.39 Å². The molecule has 1 aromatic heterocycles. The molecule has 0 radical (unpaired) electrons. The molecule has 11 nitrogen and oxygen atoms in total. The number of nitrogens with zero attached hydrogens (tertiary/aromatic N) is 4. The molecule has 3 N–H and O–H groups in total. The number of aromatic nitrogens is 2. The average Bonchev–Trinajstić information content (AvgIpc) is 3.92. The summed E-state index contributed by atoms with van der Waals surface area (Å²) in [6, 6.07) is 4.98. The van der Waals surface area contributed by atoms with Crippen LogP contribution in [0, 0.1) is 23.6 Å². The molecule has 46 heavy (non-hydrogen) atoms. The second-order valence-electron chi connectivity index (χ2n) is 13.5. The Labute approximate surface area is 269 Å². The SMILES string of the molecule is CCC(=O)N[C@@H](C(=O)N1CCN(C)[C@H]2C[C@H]21)[C@@H](C)c1ccc(NC(=O)[C@@H](NC(=O)c2ccnn2CC)C(C2CC2)C2CC2)c(F)c1. The van der Waals surface area contributed by atoms with Gasteiger partial charge in [-0.3, -0.25) is 28.8 Å². The molecule has 4 fully saturated rings. The summed E-state index contributed by atoms with van der Waals surface area (Å²) in [5, 5.41) is 12.8. The summed E-state index contributed by atoms with van der Waals surface area (Å²) >= 11 is 0. The van der Waals surface area contributed by atoms with Gasteiger partial charge in [-0.15, -0.1) is 0 Å². The molecule has 0 unspecified atom stereocenters. The van der Waals surface area contributed by atoms with Crippen LogP contribution in [-0.4, -0.2) is 87.5 Å². The normalized spacial score (nSPS) is 22.9. The zero-order valence-electron chi connectivity index (χ0n) is 27.2. The Morgan fingerprint density at radius 2 is 1.70 bits per heavy atom. The molecule has 3 saturated carbocycles. The third-order valence-electron chi connectivity index (χ3n) is 10.4. The number of likely N-dealkylation sites (N-methyl/N-ethyl adjacent to an activating group) is 1. The van der Waals surface area contributed by atoms with Gasteiger partial charge in [0.05, 0.1) is 5.69 Å². The van der Waals surface area contributed by atoms with Gasteiger partial charge < -0.3 is 20.9 Å². The number of hydrogen-bond acceptors (Lipinski definition) is 6. The number of carbonyl (C=O) groups is 4. The number of aryl methyl sites for hydroxylation is 1. The monoisotopic (exact) mass is 635 g/mol. The first-order valence-electron chi connectivity index (χ1n) is 16.8. The Morgan fingerprint density at radius 1 is 0.978 bits per heavy atom. The molecular weight excluding hydrogens is 589 g/mol. The minimum Gasteiger partial charge on any atom is -0.344 e. The lowest BCUT2D eigenvalue weighted by molar-refractivity contribution is -0.138. The number of carbonyl (C=O) groups excluding carboxylic acids is 4. The average molecular weight is 636 g/mol. The van der Waals surface area contributed by atoms with Crippen LogP contribution in [0.2, 0.25) is 0 Å². The fraction of sp³-hybridized carbons (Fsp3) is 0.618. The van der Waals surface area contributed by atoms with E-state index in [1.807, 2.05) is 18.7 Å². The maximum atomic E-state index is 15.7. The summed E-state index contributed by atoms with van der Waals surface area (Å²) in [7, 11) is 2.06. The van der Waals surface area contributed by atoms with E-state index in [9.17, 15) is 19.2 Å². The van der Waals surface area contributed by atoms with Crippen molar-refractivity contribution in [3.63, 3.8) is 0 Å².